The van der Waals surface area contributed by atoms with Crippen molar-refractivity contribution in [2.75, 3.05) is 26.2 Å². The molecular formula is C11H18N4O2S. The van der Waals surface area contributed by atoms with Gasteiger partial charge in [0.1, 0.15) is 4.90 Å². The van der Waals surface area contributed by atoms with Gasteiger partial charge in [-0.05, 0) is 38.3 Å². The summed E-state index contributed by atoms with van der Waals surface area (Å²) in [4.78, 5) is 0.312. The van der Waals surface area contributed by atoms with E-state index in [4.69, 9.17) is 0 Å². The highest BCUT2D eigenvalue weighted by Crippen LogP contribution is 2.30. The van der Waals surface area contributed by atoms with Crippen molar-refractivity contribution in [2.45, 2.75) is 18.2 Å². The molecule has 6 nitrogen and oxygen atoms in total. The van der Waals surface area contributed by atoms with Gasteiger partial charge in [0.2, 0.25) is 10.0 Å². The summed E-state index contributed by atoms with van der Waals surface area (Å²) in [6.45, 7) is 4.95. The summed E-state index contributed by atoms with van der Waals surface area (Å²) in [5.41, 5.74) is 0.613. The first-order valence-corrected chi connectivity index (χ1v) is 7.74. The van der Waals surface area contributed by atoms with Crippen molar-refractivity contribution < 1.29 is 8.42 Å². The Morgan fingerprint density at radius 1 is 1.39 bits per heavy atom. The van der Waals surface area contributed by atoms with Crippen LogP contribution in [-0.4, -0.2) is 49.1 Å². The van der Waals surface area contributed by atoms with E-state index in [0.717, 1.165) is 19.5 Å². The standard InChI is InChI=1S/C11H18N4O2S/c1-8-11(6-13-14-8)18(16,17)15-3-2-9-4-12-5-10(9)7-15/h6,9-10,12H,2-5,7H2,1H3,(H,13,14). The van der Waals surface area contributed by atoms with Crippen LogP contribution in [-0.2, 0) is 10.0 Å². The van der Waals surface area contributed by atoms with Gasteiger partial charge >= 0.3 is 0 Å². The second-order valence-corrected chi connectivity index (χ2v) is 7.10. The Morgan fingerprint density at radius 2 is 2.17 bits per heavy atom. The number of fused-ring (bicyclic) bond motifs is 1. The van der Waals surface area contributed by atoms with Crippen molar-refractivity contribution in [2.24, 2.45) is 11.8 Å². The molecule has 2 N–H and O–H groups in total. The molecule has 0 aliphatic carbocycles. The Hall–Kier alpha value is -0.920. The highest BCUT2D eigenvalue weighted by molar-refractivity contribution is 7.89. The zero-order chi connectivity index (χ0) is 12.8. The lowest BCUT2D eigenvalue weighted by Gasteiger charge is -2.33. The minimum Gasteiger partial charge on any atom is -0.316 e. The van der Waals surface area contributed by atoms with Crippen molar-refractivity contribution >= 4 is 10.0 Å². The first-order valence-electron chi connectivity index (χ1n) is 6.30. The molecule has 2 aliphatic rings. The summed E-state index contributed by atoms with van der Waals surface area (Å²) < 4.78 is 26.6. The Labute approximate surface area is 107 Å². The van der Waals surface area contributed by atoms with Crippen LogP contribution in [0, 0.1) is 18.8 Å². The molecule has 100 valence electrons. The molecule has 18 heavy (non-hydrogen) atoms. The first-order chi connectivity index (χ1) is 8.59. The SMILES string of the molecule is Cc1[nH]ncc1S(=O)(=O)N1CCC2CNCC2C1. The van der Waals surface area contributed by atoms with Crippen molar-refractivity contribution in [1.29, 1.82) is 0 Å². The number of nitrogens with zero attached hydrogens (tertiary/aromatic N) is 2. The molecule has 1 aromatic rings. The highest BCUT2D eigenvalue weighted by atomic mass is 32.2. The number of H-pyrrole nitrogens is 1. The van der Waals surface area contributed by atoms with E-state index in [1.807, 2.05) is 0 Å². The highest BCUT2D eigenvalue weighted by Gasteiger charge is 2.38. The predicted molar refractivity (Wildman–Crippen MR) is 66.6 cm³/mol. The minimum atomic E-state index is -3.38. The van der Waals surface area contributed by atoms with Crippen LogP contribution in [0.15, 0.2) is 11.1 Å². The molecule has 0 spiro atoms. The zero-order valence-corrected chi connectivity index (χ0v) is 11.2. The van der Waals surface area contributed by atoms with E-state index in [1.54, 1.807) is 11.2 Å². The van der Waals surface area contributed by atoms with E-state index in [9.17, 15) is 8.42 Å². The van der Waals surface area contributed by atoms with Crippen LogP contribution in [0.25, 0.3) is 0 Å². The third-order valence-electron chi connectivity index (χ3n) is 4.07. The number of rotatable bonds is 2. The fraction of sp³-hybridized carbons (Fsp3) is 0.727. The van der Waals surface area contributed by atoms with Crippen LogP contribution in [0.3, 0.4) is 0 Å². The molecule has 2 saturated heterocycles. The number of aromatic nitrogens is 2. The average Bonchev–Trinajstić information content (AvgIpc) is 2.95. The van der Waals surface area contributed by atoms with E-state index in [2.05, 4.69) is 15.5 Å². The Morgan fingerprint density at radius 3 is 2.89 bits per heavy atom. The number of aromatic amines is 1. The molecule has 3 heterocycles. The molecule has 2 unspecified atom stereocenters. The van der Waals surface area contributed by atoms with Gasteiger partial charge in [0, 0.05) is 13.1 Å². The second-order valence-electron chi connectivity index (χ2n) is 5.19. The van der Waals surface area contributed by atoms with Gasteiger partial charge in [-0.25, -0.2) is 8.42 Å². The van der Waals surface area contributed by atoms with Gasteiger partial charge in [-0.1, -0.05) is 0 Å². The topological polar surface area (TPSA) is 78.1 Å². The van der Waals surface area contributed by atoms with Crippen molar-refractivity contribution in [3.8, 4) is 0 Å². The third-order valence-corrected chi connectivity index (χ3v) is 6.05. The molecule has 2 fully saturated rings. The van der Waals surface area contributed by atoms with Crippen molar-refractivity contribution in [1.82, 2.24) is 19.8 Å². The minimum absolute atomic E-state index is 0.312. The molecule has 0 saturated carbocycles. The Kier molecular flexibility index (Phi) is 2.91. The maximum atomic E-state index is 12.5. The van der Waals surface area contributed by atoms with Crippen LogP contribution < -0.4 is 5.32 Å². The maximum Gasteiger partial charge on any atom is 0.246 e. The largest absolute Gasteiger partial charge is 0.316 e. The van der Waals surface area contributed by atoms with E-state index in [1.165, 1.54) is 6.20 Å². The fourth-order valence-corrected chi connectivity index (χ4v) is 4.59. The van der Waals surface area contributed by atoms with Gasteiger partial charge < -0.3 is 5.32 Å². The molecule has 0 radical (unpaired) electrons. The van der Waals surface area contributed by atoms with Gasteiger partial charge in [-0.15, -0.1) is 0 Å². The summed E-state index contributed by atoms with van der Waals surface area (Å²) in [5, 5.41) is 9.84. The summed E-state index contributed by atoms with van der Waals surface area (Å²) in [5.74, 6) is 1.10. The van der Waals surface area contributed by atoms with E-state index >= 15 is 0 Å². The van der Waals surface area contributed by atoms with Gasteiger partial charge in [0.15, 0.2) is 0 Å². The van der Waals surface area contributed by atoms with Crippen LogP contribution in [0.5, 0.6) is 0 Å². The van der Waals surface area contributed by atoms with Crippen molar-refractivity contribution in [3.05, 3.63) is 11.9 Å². The van der Waals surface area contributed by atoms with E-state index < -0.39 is 10.0 Å². The molecule has 2 atom stereocenters. The molecule has 0 bridgehead atoms. The number of aryl methyl sites for hydroxylation is 1. The number of nitrogens with one attached hydrogen (secondary N) is 2. The normalized spacial score (nSPS) is 29.4. The number of sulfonamides is 1. The molecule has 3 rings (SSSR count). The van der Waals surface area contributed by atoms with Crippen LogP contribution in [0.4, 0.5) is 0 Å². The van der Waals surface area contributed by atoms with E-state index in [0.29, 0.717) is 35.5 Å². The number of hydrogen-bond donors (Lipinski definition) is 2. The molecule has 0 aromatic carbocycles. The first kappa shape index (κ1) is 12.1. The smallest absolute Gasteiger partial charge is 0.246 e. The van der Waals surface area contributed by atoms with Crippen LogP contribution in [0.2, 0.25) is 0 Å². The Bertz CT molecular complexity index is 539. The maximum absolute atomic E-state index is 12.5. The number of piperidine rings is 1. The summed E-state index contributed by atoms with van der Waals surface area (Å²) in [6, 6.07) is 0. The summed E-state index contributed by atoms with van der Waals surface area (Å²) in [7, 11) is -3.38. The molecule has 7 heteroatoms. The van der Waals surface area contributed by atoms with Gasteiger partial charge in [0.05, 0.1) is 11.9 Å². The lowest BCUT2D eigenvalue weighted by molar-refractivity contribution is 0.228. The predicted octanol–water partition coefficient (Wildman–Crippen LogP) is -0.0519. The van der Waals surface area contributed by atoms with E-state index in [-0.39, 0.29) is 0 Å². The Balaban J connectivity index is 1.85. The lowest BCUT2D eigenvalue weighted by atomic mass is 9.90. The average molecular weight is 270 g/mol. The van der Waals surface area contributed by atoms with Gasteiger partial charge in [0.25, 0.3) is 0 Å². The zero-order valence-electron chi connectivity index (χ0n) is 10.4. The third kappa shape index (κ3) is 1.86. The second kappa shape index (κ2) is 4.32. The van der Waals surface area contributed by atoms with Gasteiger partial charge in [-0.2, -0.15) is 9.40 Å². The molecule has 2 aliphatic heterocycles. The molecular weight excluding hydrogens is 252 g/mol. The molecule has 1 aromatic heterocycles. The monoisotopic (exact) mass is 270 g/mol. The molecule has 0 amide bonds. The summed E-state index contributed by atoms with van der Waals surface area (Å²) in [6.07, 6.45) is 2.36. The summed E-state index contributed by atoms with van der Waals surface area (Å²) >= 11 is 0. The van der Waals surface area contributed by atoms with Crippen LogP contribution >= 0.6 is 0 Å². The quantitative estimate of drug-likeness (QED) is 0.790. The fourth-order valence-electron chi connectivity index (χ4n) is 2.96. The number of hydrogen-bond acceptors (Lipinski definition) is 4. The van der Waals surface area contributed by atoms with Gasteiger partial charge in [-0.3, -0.25) is 5.10 Å². The van der Waals surface area contributed by atoms with Crippen molar-refractivity contribution in [3.63, 3.8) is 0 Å². The lowest BCUT2D eigenvalue weighted by Crippen LogP contribution is -2.43. The van der Waals surface area contributed by atoms with Crippen LogP contribution in [0.1, 0.15) is 12.1 Å².